The van der Waals surface area contributed by atoms with Crippen LogP contribution in [0.4, 0.5) is 4.79 Å². The van der Waals surface area contributed by atoms with Crippen LogP contribution < -0.4 is 25.8 Å². The van der Waals surface area contributed by atoms with Crippen LogP contribution in [-0.2, 0) is 48.1 Å². The monoisotopic (exact) mass is 777 g/mol. The van der Waals surface area contributed by atoms with Crippen molar-refractivity contribution in [3.05, 3.63) is 102 Å². The maximum absolute atomic E-state index is 14.3. The standard InChI is InChI=1S/C39H48N5O10P/c1-2-31(35(45)40-24-27-11-5-3-6-12-27)41-37(47)34-22-19-29-15-9-10-16-32(38(48)44(29)34)42-36(46)33(43-39(49)53-25-28-13-7-4-8-14-28)23-26-17-20-30(21-18-26)54-55(50,51)52/h3-8,11-14,17-18,20-21,29,31-34H,2,9-10,15-16,19,22-25H2,1H3,(H,40,45)(H,41,47)(H,42,46)(H,43,49)(H2,50,51,52)/t29-,31-,32-,33-,34-/m0/s1. The lowest BCUT2D eigenvalue weighted by molar-refractivity contribution is -0.145. The molecule has 55 heavy (non-hydrogen) atoms. The van der Waals surface area contributed by atoms with Crippen LogP contribution in [0.3, 0.4) is 0 Å². The predicted molar refractivity (Wildman–Crippen MR) is 201 cm³/mol. The van der Waals surface area contributed by atoms with Gasteiger partial charge >= 0.3 is 13.9 Å². The van der Waals surface area contributed by atoms with E-state index < -0.39 is 55.8 Å². The summed E-state index contributed by atoms with van der Waals surface area (Å²) in [5.41, 5.74) is 2.17. The Morgan fingerprint density at radius 3 is 2.11 bits per heavy atom. The van der Waals surface area contributed by atoms with Crippen LogP contribution in [0.2, 0.25) is 0 Å². The summed E-state index contributed by atoms with van der Waals surface area (Å²) in [5.74, 6) is -1.94. The fourth-order valence-corrected chi connectivity index (χ4v) is 7.30. The molecular formula is C39H48N5O10P. The minimum Gasteiger partial charge on any atom is -0.445 e. The van der Waals surface area contributed by atoms with Crippen molar-refractivity contribution in [2.24, 2.45) is 0 Å². The van der Waals surface area contributed by atoms with Crippen molar-refractivity contribution in [2.45, 2.75) is 102 Å². The maximum Gasteiger partial charge on any atom is 0.524 e. The summed E-state index contributed by atoms with van der Waals surface area (Å²) >= 11 is 0. The topological polar surface area (TPSA) is 213 Å². The summed E-state index contributed by atoms with van der Waals surface area (Å²) in [7, 11) is -4.79. The summed E-state index contributed by atoms with van der Waals surface area (Å²) < 4.78 is 21.3. The Kier molecular flexibility index (Phi) is 14.4. The van der Waals surface area contributed by atoms with Gasteiger partial charge in [0.1, 0.15) is 36.5 Å². The van der Waals surface area contributed by atoms with Crippen molar-refractivity contribution in [3.8, 4) is 5.75 Å². The van der Waals surface area contributed by atoms with Crippen LogP contribution in [0.25, 0.3) is 0 Å². The minimum absolute atomic E-state index is 0.0517. The third kappa shape index (κ3) is 12.1. The van der Waals surface area contributed by atoms with Gasteiger partial charge in [-0.15, -0.1) is 0 Å². The van der Waals surface area contributed by atoms with E-state index in [2.05, 4.69) is 25.8 Å². The number of carbonyl (C=O) groups is 5. The summed E-state index contributed by atoms with van der Waals surface area (Å²) in [5, 5.41) is 11.1. The Morgan fingerprint density at radius 2 is 1.45 bits per heavy atom. The number of nitrogens with zero attached hydrogens (tertiary/aromatic N) is 1. The molecule has 15 nitrogen and oxygen atoms in total. The highest BCUT2D eigenvalue weighted by Gasteiger charge is 2.44. The molecule has 5 amide bonds. The fraction of sp³-hybridized carbons (Fsp3) is 0.410. The first-order valence-corrected chi connectivity index (χ1v) is 20.0. The third-order valence-corrected chi connectivity index (χ3v) is 10.2. The second-order valence-corrected chi connectivity index (χ2v) is 14.9. The van der Waals surface area contributed by atoms with E-state index in [1.807, 2.05) is 36.4 Å². The van der Waals surface area contributed by atoms with Gasteiger partial charge in [-0.05, 0) is 60.9 Å². The maximum atomic E-state index is 14.3. The lowest BCUT2D eigenvalue weighted by atomic mass is 9.98. The summed E-state index contributed by atoms with van der Waals surface area (Å²) in [6, 6.07) is 20.0. The quantitative estimate of drug-likeness (QED) is 0.123. The Labute approximate surface area is 319 Å². The number of phosphoric acid groups is 1. The van der Waals surface area contributed by atoms with Gasteiger partial charge in [0.25, 0.3) is 0 Å². The zero-order chi connectivity index (χ0) is 39.4. The predicted octanol–water partition coefficient (Wildman–Crippen LogP) is 3.63. The van der Waals surface area contributed by atoms with E-state index in [0.717, 1.165) is 17.5 Å². The number of alkyl carbamates (subject to hydrolysis) is 1. The van der Waals surface area contributed by atoms with E-state index in [9.17, 15) is 28.5 Å². The Morgan fingerprint density at radius 1 is 0.800 bits per heavy atom. The smallest absolute Gasteiger partial charge is 0.445 e. The molecule has 0 radical (unpaired) electrons. The van der Waals surface area contributed by atoms with Gasteiger partial charge in [-0.25, -0.2) is 9.36 Å². The largest absolute Gasteiger partial charge is 0.524 e. The van der Waals surface area contributed by atoms with Crippen LogP contribution in [0.5, 0.6) is 5.75 Å². The highest BCUT2D eigenvalue weighted by molar-refractivity contribution is 7.46. The van der Waals surface area contributed by atoms with Crippen molar-refractivity contribution >= 4 is 37.5 Å². The third-order valence-electron chi connectivity index (χ3n) is 9.71. The summed E-state index contributed by atoms with van der Waals surface area (Å²) in [6.45, 7) is 2.05. The highest BCUT2D eigenvalue weighted by Crippen LogP contribution is 2.37. The lowest BCUT2D eigenvalue weighted by Gasteiger charge is -2.36. The van der Waals surface area contributed by atoms with Crippen LogP contribution in [0.15, 0.2) is 84.9 Å². The van der Waals surface area contributed by atoms with Gasteiger partial charge < -0.3 is 35.4 Å². The van der Waals surface area contributed by atoms with Gasteiger partial charge in [-0.3, -0.25) is 29.0 Å². The number of rotatable bonds is 15. The van der Waals surface area contributed by atoms with Crippen molar-refractivity contribution < 1.29 is 47.6 Å². The molecule has 3 aromatic carbocycles. The molecule has 0 spiro atoms. The minimum atomic E-state index is -4.79. The summed E-state index contributed by atoms with van der Waals surface area (Å²) in [4.78, 5) is 87.8. The normalized spacial score (nSPS) is 19.4. The number of phosphoric ester groups is 1. The number of hydrogen-bond donors (Lipinski definition) is 6. The summed E-state index contributed by atoms with van der Waals surface area (Å²) in [6.07, 6.45) is 2.84. The van der Waals surface area contributed by atoms with Crippen molar-refractivity contribution in [2.75, 3.05) is 0 Å². The number of ether oxygens (including phenoxy) is 1. The molecule has 2 saturated heterocycles. The molecule has 3 aromatic rings. The molecule has 6 N–H and O–H groups in total. The number of amides is 5. The van der Waals surface area contributed by atoms with Crippen molar-refractivity contribution in [1.82, 2.24) is 26.2 Å². The van der Waals surface area contributed by atoms with Gasteiger partial charge in [0.05, 0.1) is 0 Å². The van der Waals surface area contributed by atoms with E-state index >= 15 is 0 Å². The van der Waals surface area contributed by atoms with Crippen LogP contribution in [0.1, 0.15) is 68.6 Å². The first-order chi connectivity index (χ1) is 26.4. The number of nitrogens with one attached hydrogen (secondary N) is 4. The van der Waals surface area contributed by atoms with Crippen LogP contribution in [-0.4, -0.2) is 74.6 Å². The van der Waals surface area contributed by atoms with Gasteiger partial charge in [-0.1, -0.05) is 92.6 Å². The molecule has 0 bridgehead atoms. The molecule has 0 aromatic heterocycles. The lowest BCUT2D eigenvalue weighted by Crippen LogP contribution is -2.60. The second-order valence-electron chi connectivity index (χ2n) is 13.7. The van der Waals surface area contributed by atoms with Crippen molar-refractivity contribution in [1.29, 1.82) is 0 Å². The van der Waals surface area contributed by atoms with Gasteiger partial charge in [-0.2, -0.15) is 0 Å². The molecule has 5 rings (SSSR count). The van der Waals surface area contributed by atoms with Gasteiger partial charge in [0.15, 0.2) is 0 Å². The SMILES string of the molecule is CC[C@H](NC(=O)[C@@H]1CC[C@@H]2CCCC[C@H](NC(=O)[C@H](Cc3ccc(OP(=O)(O)O)cc3)NC(=O)OCc3ccccc3)C(=O)N21)C(=O)NCc1ccccc1. The molecule has 0 saturated carbocycles. The first kappa shape index (κ1) is 40.9. The molecule has 0 aliphatic carbocycles. The Balaban J connectivity index is 1.27. The number of fused-ring (bicyclic) bond motifs is 1. The molecule has 16 heteroatoms. The van der Waals surface area contributed by atoms with E-state index in [1.165, 1.54) is 24.3 Å². The number of carbonyl (C=O) groups excluding carboxylic acids is 5. The fourth-order valence-electron chi connectivity index (χ4n) is 6.90. The molecule has 2 aliphatic heterocycles. The van der Waals surface area contributed by atoms with Crippen LogP contribution >= 0.6 is 7.82 Å². The van der Waals surface area contributed by atoms with E-state index in [1.54, 1.807) is 36.1 Å². The average molecular weight is 778 g/mol. The molecule has 2 heterocycles. The molecule has 2 fully saturated rings. The number of benzene rings is 3. The highest BCUT2D eigenvalue weighted by atomic mass is 31.2. The second kappa shape index (κ2) is 19.4. The number of hydrogen-bond acceptors (Lipinski definition) is 8. The van der Waals surface area contributed by atoms with Gasteiger partial charge in [0.2, 0.25) is 23.6 Å². The average Bonchev–Trinajstić information content (AvgIpc) is 3.59. The zero-order valence-corrected chi connectivity index (χ0v) is 31.5. The Bertz CT molecular complexity index is 1830. The van der Waals surface area contributed by atoms with Crippen molar-refractivity contribution in [3.63, 3.8) is 0 Å². The van der Waals surface area contributed by atoms with Crippen LogP contribution in [0, 0.1) is 0 Å². The molecule has 294 valence electrons. The molecule has 0 unspecified atom stereocenters. The first-order valence-electron chi connectivity index (χ1n) is 18.5. The van der Waals surface area contributed by atoms with E-state index in [4.69, 9.17) is 14.5 Å². The molecule has 5 atom stereocenters. The molecule has 2 aliphatic rings. The zero-order valence-electron chi connectivity index (χ0n) is 30.6. The van der Waals surface area contributed by atoms with E-state index in [0.29, 0.717) is 50.6 Å². The van der Waals surface area contributed by atoms with E-state index in [-0.39, 0.29) is 30.7 Å². The van der Waals surface area contributed by atoms with Gasteiger partial charge in [0, 0.05) is 19.0 Å². The molecular weight excluding hydrogens is 729 g/mol. The Hall–Kier alpha value is -5.24.